The van der Waals surface area contributed by atoms with E-state index in [-0.39, 0.29) is 0 Å². The maximum atomic E-state index is 5.48. The molecule has 0 fully saturated rings. The van der Waals surface area contributed by atoms with Crippen LogP contribution in [0.4, 0.5) is 0 Å². The van der Waals surface area contributed by atoms with Gasteiger partial charge in [0.2, 0.25) is 0 Å². The molecule has 1 heterocycles. The summed E-state index contributed by atoms with van der Waals surface area (Å²) < 4.78 is 5.48. The van der Waals surface area contributed by atoms with E-state index in [1.165, 1.54) is 17.1 Å². The third-order valence-corrected chi connectivity index (χ3v) is 3.73. The predicted molar refractivity (Wildman–Crippen MR) is 72.1 cm³/mol. The largest absolute Gasteiger partial charge is 0.466 e. The van der Waals surface area contributed by atoms with Crippen LogP contribution in [0.1, 0.15) is 30.9 Å². The molecule has 0 aliphatic carbocycles. The monoisotopic (exact) mass is 241 g/mol. The molecular formula is C13H23NOS. The van der Waals surface area contributed by atoms with Crippen LogP contribution < -0.4 is 5.32 Å². The zero-order valence-electron chi connectivity index (χ0n) is 10.8. The summed E-state index contributed by atoms with van der Waals surface area (Å²) in [5.41, 5.74) is 1.28. The van der Waals surface area contributed by atoms with Gasteiger partial charge < -0.3 is 9.73 Å². The van der Waals surface area contributed by atoms with Gasteiger partial charge in [0.15, 0.2) is 0 Å². The maximum Gasteiger partial charge on any atom is 0.105 e. The summed E-state index contributed by atoms with van der Waals surface area (Å²) in [6.07, 6.45) is 0. The molecule has 1 aromatic rings. The first-order chi connectivity index (χ1) is 7.59. The zero-order chi connectivity index (χ0) is 12.0. The minimum atomic E-state index is 0.795. The van der Waals surface area contributed by atoms with Crippen LogP contribution in [0.3, 0.4) is 0 Å². The van der Waals surface area contributed by atoms with Gasteiger partial charge in [0.1, 0.15) is 11.5 Å². The lowest BCUT2D eigenvalue weighted by atomic mass is 10.2. The number of aryl methyl sites for hydroxylation is 2. The quantitative estimate of drug-likeness (QED) is 0.741. The molecule has 16 heavy (non-hydrogen) atoms. The molecule has 1 N–H and O–H groups in total. The fourth-order valence-corrected chi connectivity index (χ4v) is 2.47. The van der Waals surface area contributed by atoms with Gasteiger partial charge in [-0.25, -0.2) is 0 Å². The van der Waals surface area contributed by atoms with Crippen LogP contribution in [0.25, 0.3) is 0 Å². The normalized spacial score (nSPS) is 11.3. The van der Waals surface area contributed by atoms with Gasteiger partial charge in [0.25, 0.3) is 0 Å². The molecule has 0 saturated heterocycles. The van der Waals surface area contributed by atoms with Crippen molar-refractivity contribution >= 4 is 11.8 Å². The summed E-state index contributed by atoms with van der Waals surface area (Å²) >= 11 is 2.02. The molecule has 0 amide bonds. The molecule has 0 unspecified atom stereocenters. The van der Waals surface area contributed by atoms with Crippen LogP contribution in [0.5, 0.6) is 0 Å². The Morgan fingerprint density at radius 1 is 1.38 bits per heavy atom. The topological polar surface area (TPSA) is 25.2 Å². The van der Waals surface area contributed by atoms with Crippen LogP contribution in [0.15, 0.2) is 10.5 Å². The van der Waals surface area contributed by atoms with Gasteiger partial charge in [-0.05, 0) is 31.6 Å². The predicted octanol–water partition coefficient (Wildman–Crippen LogP) is 3.38. The van der Waals surface area contributed by atoms with E-state index >= 15 is 0 Å². The second-order valence-electron chi connectivity index (χ2n) is 4.58. The highest BCUT2D eigenvalue weighted by molar-refractivity contribution is 7.99. The minimum absolute atomic E-state index is 0.795. The second-order valence-corrected chi connectivity index (χ2v) is 5.73. The summed E-state index contributed by atoms with van der Waals surface area (Å²) in [6, 6.07) is 2.11. The molecule has 0 aliphatic heterocycles. The van der Waals surface area contributed by atoms with Crippen molar-refractivity contribution in [2.45, 2.75) is 34.2 Å². The van der Waals surface area contributed by atoms with Gasteiger partial charge in [-0.2, -0.15) is 11.8 Å². The summed E-state index contributed by atoms with van der Waals surface area (Å²) in [4.78, 5) is 0. The molecule has 3 heteroatoms. The molecule has 1 aromatic heterocycles. The Hall–Kier alpha value is -0.410. The van der Waals surface area contributed by atoms with Crippen molar-refractivity contribution in [2.75, 3.05) is 18.1 Å². The molecule has 0 aromatic carbocycles. The standard InChI is InChI=1S/C13H23NOS/c1-10(2)9-16-6-5-14-8-13-7-11(3)15-12(13)4/h7,10,14H,5-6,8-9H2,1-4H3. The van der Waals surface area contributed by atoms with Gasteiger partial charge in [-0.15, -0.1) is 0 Å². The Morgan fingerprint density at radius 3 is 2.69 bits per heavy atom. The first kappa shape index (κ1) is 13.7. The van der Waals surface area contributed by atoms with E-state index in [0.29, 0.717) is 0 Å². The Labute approximate surface area is 103 Å². The SMILES string of the molecule is Cc1cc(CNCCSCC(C)C)c(C)o1. The zero-order valence-corrected chi connectivity index (χ0v) is 11.6. The number of thioether (sulfide) groups is 1. The average molecular weight is 241 g/mol. The molecule has 92 valence electrons. The molecule has 0 saturated carbocycles. The Balaban J connectivity index is 2.09. The lowest BCUT2D eigenvalue weighted by Crippen LogP contribution is -2.17. The first-order valence-corrected chi connectivity index (χ1v) is 7.09. The van der Waals surface area contributed by atoms with E-state index in [2.05, 4.69) is 25.2 Å². The summed E-state index contributed by atoms with van der Waals surface area (Å²) in [5.74, 6) is 5.28. The fourth-order valence-electron chi connectivity index (χ4n) is 1.55. The number of rotatable bonds is 7. The third-order valence-electron chi connectivity index (χ3n) is 2.33. The summed E-state index contributed by atoms with van der Waals surface area (Å²) in [5, 5.41) is 3.45. The van der Waals surface area contributed by atoms with Gasteiger partial charge >= 0.3 is 0 Å². The lowest BCUT2D eigenvalue weighted by Gasteiger charge is -2.05. The molecule has 0 aliphatic rings. The minimum Gasteiger partial charge on any atom is -0.466 e. The van der Waals surface area contributed by atoms with Gasteiger partial charge in [-0.3, -0.25) is 0 Å². The Kier molecular flexibility index (Phi) is 5.99. The Bertz CT molecular complexity index is 307. The number of hydrogen-bond acceptors (Lipinski definition) is 3. The van der Waals surface area contributed by atoms with E-state index in [9.17, 15) is 0 Å². The van der Waals surface area contributed by atoms with Crippen LogP contribution in [-0.2, 0) is 6.54 Å². The third kappa shape index (κ3) is 5.08. The lowest BCUT2D eigenvalue weighted by molar-refractivity contribution is 0.499. The molecule has 2 nitrogen and oxygen atoms in total. The van der Waals surface area contributed by atoms with Crippen molar-refractivity contribution in [3.8, 4) is 0 Å². The Morgan fingerprint density at radius 2 is 2.12 bits per heavy atom. The van der Waals surface area contributed by atoms with Crippen molar-refractivity contribution in [3.63, 3.8) is 0 Å². The molecule has 0 radical (unpaired) electrons. The molecular weight excluding hydrogens is 218 g/mol. The molecule has 0 atom stereocenters. The van der Waals surface area contributed by atoms with Crippen molar-refractivity contribution < 1.29 is 4.42 Å². The number of nitrogens with one attached hydrogen (secondary N) is 1. The highest BCUT2D eigenvalue weighted by Gasteiger charge is 2.03. The van der Waals surface area contributed by atoms with E-state index in [4.69, 9.17) is 4.42 Å². The first-order valence-electron chi connectivity index (χ1n) is 5.94. The van der Waals surface area contributed by atoms with E-state index in [1.54, 1.807) is 0 Å². The van der Waals surface area contributed by atoms with Crippen LogP contribution >= 0.6 is 11.8 Å². The van der Waals surface area contributed by atoms with E-state index < -0.39 is 0 Å². The smallest absolute Gasteiger partial charge is 0.105 e. The summed E-state index contributed by atoms with van der Waals surface area (Å²) in [6.45, 7) is 10.5. The van der Waals surface area contributed by atoms with Gasteiger partial charge in [0.05, 0.1) is 0 Å². The van der Waals surface area contributed by atoms with E-state index in [0.717, 1.165) is 30.5 Å². The highest BCUT2D eigenvalue weighted by Crippen LogP contribution is 2.13. The maximum absolute atomic E-state index is 5.48. The fraction of sp³-hybridized carbons (Fsp3) is 0.692. The number of furan rings is 1. The molecule has 0 spiro atoms. The van der Waals surface area contributed by atoms with Crippen molar-refractivity contribution in [2.24, 2.45) is 5.92 Å². The van der Waals surface area contributed by atoms with Crippen molar-refractivity contribution in [3.05, 3.63) is 23.2 Å². The van der Waals surface area contributed by atoms with Crippen LogP contribution in [0, 0.1) is 19.8 Å². The second kappa shape index (κ2) is 7.02. The van der Waals surface area contributed by atoms with Crippen LogP contribution in [-0.4, -0.2) is 18.1 Å². The number of hydrogen-bond donors (Lipinski definition) is 1. The van der Waals surface area contributed by atoms with E-state index in [1.807, 2.05) is 25.6 Å². The van der Waals surface area contributed by atoms with Gasteiger partial charge in [0, 0.05) is 24.4 Å². The van der Waals surface area contributed by atoms with Crippen molar-refractivity contribution in [1.29, 1.82) is 0 Å². The molecule has 0 bridgehead atoms. The summed E-state index contributed by atoms with van der Waals surface area (Å²) in [7, 11) is 0. The van der Waals surface area contributed by atoms with Crippen molar-refractivity contribution in [1.82, 2.24) is 5.32 Å². The van der Waals surface area contributed by atoms with Crippen LogP contribution in [0.2, 0.25) is 0 Å². The molecule has 1 rings (SSSR count). The highest BCUT2D eigenvalue weighted by atomic mass is 32.2. The van der Waals surface area contributed by atoms with Gasteiger partial charge in [-0.1, -0.05) is 13.8 Å². The average Bonchev–Trinajstić information content (AvgIpc) is 2.50.